The maximum Gasteiger partial charge on any atom is 0.239 e. The third-order valence-electron chi connectivity index (χ3n) is 4.48. The van der Waals surface area contributed by atoms with Crippen molar-refractivity contribution in [1.29, 1.82) is 0 Å². The number of piperidine rings is 1. The van der Waals surface area contributed by atoms with E-state index in [4.69, 9.17) is 5.73 Å². The van der Waals surface area contributed by atoms with Gasteiger partial charge in [-0.15, -0.1) is 0 Å². The van der Waals surface area contributed by atoms with Crippen molar-refractivity contribution in [3.8, 4) is 0 Å². The van der Waals surface area contributed by atoms with Crippen LogP contribution in [0.2, 0.25) is 0 Å². The van der Waals surface area contributed by atoms with Crippen LogP contribution >= 0.6 is 0 Å². The van der Waals surface area contributed by atoms with Gasteiger partial charge in [0.25, 0.3) is 0 Å². The van der Waals surface area contributed by atoms with Crippen LogP contribution in [0.4, 0.5) is 0 Å². The van der Waals surface area contributed by atoms with Gasteiger partial charge in [0.1, 0.15) is 0 Å². The largest absolute Gasteiger partial charge is 0.343 e. The van der Waals surface area contributed by atoms with Crippen molar-refractivity contribution in [2.75, 3.05) is 47.3 Å². The molecule has 0 radical (unpaired) electrons. The number of hydrogen-bond donors (Lipinski definition) is 1. The molecule has 1 atom stereocenters. The topological polar surface area (TPSA) is 52.8 Å². The summed E-state index contributed by atoms with van der Waals surface area (Å²) in [6, 6.07) is 0.266. The molecule has 1 rings (SSSR count). The normalized spacial score (nSPS) is 19.6. The van der Waals surface area contributed by atoms with Crippen LogP contribution in [0.1, 0.15) is 26.7 Å². The monoisotopic (exact) mass is 284 g/mol. The number of nitrogens with zero attached hydrogens (tertiary/aromatic N) is 3. The van der Waals surface area contributed by atoms with Gasteiger partial charge >= 0.3 is 0 Å². The zero-order chi connectivity index (χ0) is 15.3. The molecular formula is C15H32N4O. The fourth-order valence-corrected chi connectivity index (χ4v) is 2.58. The van der Waals surface area contributed by atoms with E-state index in [2.05, 4.69) is 23.9 Å². The molecule has 0 bridgehead atoms. The fourth-order valence-electron chi connectivity index (χ4n) is 2.58. The summed E-state index contributed by atoms with van der Waals surface area (Å²) in [6.45, 7) is 7.98. The zero-order valence-corrected chi connectivity index (χ0v) is 13.8. The van der Waals surface area contributed by atoms with E-state index < -0.39 is 0 Å². The first kappa shape index (κ1) is 17.4. The molecule has 1 aliphatic rings. The predicted molar refractivity (Wildman–Crippen MR) is 83.6 cm³/mol. The Hall–Kier alpha value is -0.650. The number of carbonyl (C=O) groups is 1. The highest BCUT2D eigenvalue weighted by molar-refractivity contribution is 5.81. The van der Waals surface area contributed by atoms with Crippen molar-refractivity contribution < 1.29 is 4.79 Å². The molecule has 0 aromatic carbocycles. The first-order valence-corrected chi connectivity index (χ1v) is 7.72. The summed E-state index contributed by atoms with van der Waals surface area (Å²) in [6.07, 6.45) is 2.44. The molecule has 1 saturated heterocycles. The van der Waals surface area contributed by atoms with Crippen LogP contribution in [-0.2, 0) is 4.79 Å². The maximum atomic E-state index is 12.1. The van der Waals surface area contributed by atoms with E-state index in [1.54, 1.807) is 4.90 Å². The van der Waals surface area contributed by atoms with Crippen molar-refractivity contribution in [2.45, 2.75) is 38.8 Å². The Morgan fingerprint density at radius 3 is 2.30 bits per heavy atom. The van der Waals surface area contributed by atoms with Crippen molar-refractivity contribution in [1.82, 2.24) is 14.7 Å². The average Bonchev–Trinajstić information content (AvgIpc) is 2.43. The van der Waals surface area contributed by atoms with Crippen molar-refractivity contribution in [3.63, 3.8) is 0 Å². The van der Waals surface area contributed by atoms with E-state index in [0.717, 1.165) is 13.1 Å². The average molecular weight is 284 g/mol. The molecule has 1 aliphatic heterocycles. The summed E-state index contributed by atoms with van der Waals surface area (Å²) in [5, 5.41) is 0. The summed E-state index contributed by atoms with van der Waals surface area (Å²) >= 11 is 0. The lowest BCUT2D eigenvalue weighted by Gasteiger charge is -2.36. The molecule has 1 amide bonds. The molecule has 1 heterocycles. The number of carbonyl (C=O) groups excluding carboxylic acids is 1. The quantitative estimate of drug-likeness (QED) is 0.770. The van der Waals surface area contributed by atoms with Crippen LogP contribution < -0.4 is 5.73 Å². The highest BCUT2D eigenvalue weighted by atomic mass is 16.2. The zero-order valence-electron chi connectivity index (χ0n) is 13.8. The summed E-state index contributed by atoms with van der Waals surface area (Å²) in [5.41, 5.74) is 5.92. The Balaban J connectivity index is 2.33. The van der Waals surface area contributed by atoms with Crippen LogP contribution in [0.5, 0.6) is 0 Å². The Labute approximate surface area is 124 Å². The Bertz CT molecular complexity index is 300. The molecule has 118 valence electrons. The number of rotatable bonds is 6. The van der Waals surface area contributed by atoms with Gasteiger partial charge in [0, 0.05) is 26.2 Å². The molecule has 0 aromatic rings. The molecule has 0 aliphatic carbocycles. The van der Waals surface area contributed by atoms with Gasteiger partial charge in [-0.1, -0.05) is 13.8 Å². The lowest BCUT2D eigenvalue weighted by molar-refractivity contribution is -0.132. The van der Waals surface area contributed by atoms with Gasteiger partial charge in [-0.05, 0) is 45.9 Å². The van der Waals surface area contributed by atoms with Crippen LogP contribution in [0.25, 0.3) is 0 Å². The Morgan fingerprint density at radius 2 is 1.80 bits per heavy atom. The summed E-state index contributed by atoms with van der Waals surface area (Å²) in [7, 11) is 6.19. The molecular weight excluding hydrogens is 252 g/mol. The van der Waals surface area contributed by atoms with Gasteiger partial charge < -0.3 is 20.4 Å². The first-order chi connectivity index (χ1) is 9.32. The number of nitrogens with two attached hydrogens (primary N) is 1. The van der Waals surface area contributed by atoms with Crippen molar-refractivity contribution in [3.05, 3.63) is 0 Å². The first-order valence-electron chi connectivity index (χ1n) is 7.72. The minimum atomic E-state index is -0.381. The summed E-state index contributed by atoms with van der Waals surface area (Å²) < 4.78 is 0. The Kier molecular flexibility index (Phi) is 6.92. The van der Waals surface area contributed by atoms with Gasteiger partial charge in [-0.3, -0.25) is 4.79 Å². The van der Waals surface area contributed by atoms with Crippen LogP contribution in [0, 0.1) is 5.92 Å². The molecule has 20 heavy (non-hydrogen) atoms. The molecule has 1 fully saturated rings. The number of likely N-dealkylation sites (N-methyl/N-ethyl adjacent to an activating group) is 2. The van der Waals surface area contributed by atoms with Crippen molar-refractivity contribution >= 4 is 5.91 Å². The van der Waals surface area contributed by atoms with Gasteiger partial charge in [-0.2, -0.15) is 0 Å². The van der Waals surface area contributed by atoms with Crippen LogP contribution in [-0.4, -0.2) is 80.0 Å². The molecule has 0 aromatic heterocycles. The lowest BCUT2D eigenvalue weighted by atomic mass is 10.0. The number of hydrogen-bond acceptors (Lipinski definition) is 4. The highest BCUT2D eigenvalue weighted by Crippen LogP contribution is 2.13. The third-order valence-corrected chi connectivity index (χ3v) is 4.48. The van der Waals surface area contributed by atoms with Crippen LogP contribution in [0.3, 0.4) is 0 Å². The van der Waals surface area contributed by atoms with E-state index in [9.17, 15) is 4.79 Å². The Morgan fingerprint density at radius 1 is 1.25 bits per heavy atom. The highest BCUT2D eigenvalue weighted by Gasteiger charge is 2.23. The number of likely N-dealkylation sites (tertiary alicyclic amines) is 1. The van der Waals surface area contributed by atoms with Gasteiger partial charge in [0.05, 0.1) is 6.04 Å². The SMILES string of the molecule is CC(C)[C@@H](N)C(=O)N(C)CCN(C)C1CCN(C)CC1. The predicted octanol–water partition coefficient (Wildman–Crippen LogP) is 0.454. The smallest absolute Gasteiger partial charge is 0.239 e. The molecule has 0 saturated carbocycles. The van der Waals surface area contributed by atoms with E-state index in [1.807, 2.05) is 20.9 Å². The van der Waals surface area contributed by atoms with Crippen molar-refractivity contribution in [2.24, 2.45) is 11.7 Å². The number of amides is 1. The van der Waals surface area contributed by atoms with Gasteiger partial charge in [0.2, 0.25) is 5.91 Å². The second-order valence-corrected chi connectivity index (χ2v) is 6.54. The second kappa shape index (κ2) is 7.96. The summed E-state index contributed by atoms with van der Waals surface area (Å²) in [5.74, 6) is 0.244. The molecule has 5 nitrogen and oxygen atoms in total. The minimum absolute atomic E-state index is 0.0526. The maximum absolute atomic E-state index is 12.1. The molecule has 2 N–H and O–H groups in total. The van der Waals surface area contributed by atoms with E-state index in [0.29, 0.717) is 6.04 Å². The second-order valence-electron chi connectivity index (χ2n) is 6.54. The van der Waals surface area contributed by atoms with E-state index >= 15 is 0 Å². The minimum Gasteiger partial charge on any atom is -0.343 e. The standard InChI is InChI=1S/C15H32N4O/c1-12(2)14(16)15(20)19(5)11-10-18(4)13-6-8-17(3)9-7-13/h12-14H,6-11,16H2,1-5H3/t14-/m1/s1. The molecule has 0 unspecified atom stereocenters. The summed E-state index contributed by atoms with van der Waals surface area (Å²) in [4.78, 5) is 18.6. The molecule has 0 spiro atoms. The lowest BCUT2D eigenvalue weighted by Crippen LogP contribution is -2.48. The molecule has 5 heteroatoms. The van der Waals surface area contributed by atoms with E-state index in [1.165, 1.54) is 25.9 Å². The fraction of sp³-hybridized carbons (Fsp3) is 0.933. The van der Waals surface area contributed by atoms with Crippen LogP contribution in [0.15, 0.2) is 0 Å². The van der Waals surface area contributed by atoms with Gasteiger partial charge in [-0.25, -0.2) is 0 Å². The van der Waals surface area contributed by atoms with E-state index in [-0.39, 0.29) is 17.9 Å². The van der Waals surface area contributed by atoms with Gasteiger partial charge in [0.15, 0.2) is 0 Å². The third kappa shape index (κ3) is 5.04.